The van der Waals surface area contributed by atoms with Crippen molar-refractivity contribution < 1.29 is 19.1 Å². The van der Waals surface area contributed by atoms with E-state index in [4.69, 9.17) is 9.47 Å². The molecule has 2 aromatic carbocycles. The molecule has 2 rings (SSSR count). The lowest BCUT2D eigenvalue weighted by Crippen LogP contribution is -2.44. The highest BCUT2D eigenvalue weighted by Gasteiger charge is 2.13. The fraction of sp³-hybridized carbons (Fsp3) is 0.263. The summed E-state index contributed by atoms with van der Waals surface area (Å²) in [5.74, 6) is 0.203. The average molecular weight is 342 g/mol. The van der Waals surface area contributed by atoms with E-state index in [1.165, 1.54) is 0 Å². The smallest absolute Gasteiger partial charge is 0.276 e. The number of ether oxygens (including phenoxy) is 2. The van der Waals surface area contributed by atoms with Crippen LogP contribution in [0.3, 0.4) is 0 Å². The number of rotatable bonds is 7. The summed E-state index contributed by atoms with van der Waals surface area (Å²) < 4.78 is 11.0. The average Bonchev–Trinajstić information content (AvgIpc) is 2.64. The minimum atomic E-state index is -0.455. The van der Waals surface area contributed by atoms with Gasteiger partial charge in [0.15, 0.2) is 6.61 Å². The first-order chi connectivity index (χ1) is 12.1. The Hall–Kier alpha value is -3.02. The molecule has 0 saturated heterocycles. The van der Waals surface area contributed by atoms with Crippen LogP contribution in [0.5, 0.6) is 11.5 Å². The van der Waals surface area contributed by atoms with Crippen molar-refractivity contribution in [3.8, 4) is 11.5 Å². The lowest BCUT2D eigenvalue weighted by molar-refractivity contribution is -0.123. The Morgan fingerprint density at radius 2 is 1.60 bits per heavy atom. The van der Waals surface area contributed by atoms with Crippen LogP contribution in [-0.4, -0.2) is 25.0 Å². The largest absolute Gasteiger partial charge is 0.493 e. The van der Waals surface area contributed by atoms with E-state index < -0.39 is 11.8 Å². The molecule has 0 aromatic heterocycles. The van der Waals surface area contributed by atoms with Crippen molar-refractivity contribution in [2.24, 2.45) is 0 Å². The molecule has 0 aliphatic rings. The lowest BCUT2D eigenvalue weighted by atomic mass is 10.2. The third-order valence-corrected chi connectivity index (χ3v) is 3.36. The number of hydrogen-bond acceptors (Lipinski definition) is 4. The highest BCUT2D eigenvalue weighted by molar-refractivity contribution is 5.97. The molecule has 0 aliphatic carbocycles. The van der Waals surface area contributed by atoms with E-state index in [0.717, 1.165) is 12.0 Å². The van der Waals surface area contributed by atoms with Gasteiger partial charge in [0.1, 0.15) is 11.5 Å². The summed E-state index contributed by atoms with van der Waals surface area (Å²) in [6.07, 6.45) is 0.836. The minimum absolute atomic E-state index is 0.195. The molecule has 0 unspecified atom stereocenters. The fourth-order valence-electron chi connectivity index (χ4n) is 2.08. The second-order valence-electron chi connectivity index (χ2n) is 5.40. The van der Waals surface area contributed by atoms with Crippen molar-refractivity contribution in [2.45, 2.75) is 20.3 Å². The van der Waals surface area contributed by atoms with Crippen molar-refractivity contribution in [2.75, 3.05) is 13.2 Å². The predicted molar refractivity (Wildman–Crippen MR) is 94.5 cm³/mol. The fourth-order valence-corrected chi connectivity index (χ4v) is 2.08. The van der Waals surface area contributed by atoms with Gasteiger partial charge in [0.05, 0.1) is 12.2 Å². The van der Waals surface area contributed by atoms with E-state index in [1.54, 1.807) is 30.3 Å². The molecule has 0 spiro atoms. The summed E-state index contributed by atoms with van der Waals surface area (Å²) >= 11 is 0. The summed E-state index contributed by atoms with van der Waals surface area (Å²) in [7, 11) is 0. The summed E-state index contributed by atoms with van der Waals surface area (Å²) in [5.41, 5.74) is 5.99. The first kappa shape index (κ1) is 18.3. The third-order valence-electron chi connectivity index (χ3n) is 3.36. The van der Waals surface area contributed by atoms with Gasteiger partial charge in [-0.05, 0) is 37.1 Å². The molecule has 0 fully saturated rings. The molecule has 2 N–H and O–H groups in total. The van der Waals surface area contributed by atoms with Crippen molar-refractivity contribution in [1.82, 2.24) is 10.9 Å². The third kappa shape index (κ3) is 5.53. The Morgan fingerprint density at radius 1 is 0.920 bits per heavy atom. The molecule has 0 heterocycles. The molecule has 0 atom stereocenters. The lowest BCUT2D eigenvalue weighted by Gasteiger charge is -2.12. The van der Waals surface area contributed by atoms with Gasteiger partial charge >= 0.3 is 0 Å². The molecule has 0 bridgehead atoms. The molecule has 0 radical (unpaired) electrons. The Morgan fingerprint density at radius 3 is 2.32 bits per heavy atom. The van der Waals surface area contributed by atoms with Crippen LogP contribution in [0.4, 0.5) is 0 Å². The van der Waals surface area contributed by atoms with E-state index in [-0.39, 0.29) is 6.61 Å². The molecule has 2 amide bonds. The van der Waals surface area contributed by atoms with Gasteiger partial charge in [0, 0.05) is 0 Å². The van der Waals surface area contributed by atoms with E-state index in [1.807, 2.05) is 32.0 Å². The van der Waals surface area contributed by atoms with Crippen LogP contribution < -0.4 is 20.3 Å². The van der Waals surface area contributed by atoms with Crippen LogP contribution >= 0.6 is 0 Å². The van der Waals surface area contributed by atoms with Crippen molar-refractivity contribution in [3.05, 3.63) is 59.7 Å². The first-order valence-electron chi connectivity index (χ1n) is 8.11. The summed E-state index contributed by atoms with van der Waals surface area (Å²) in [4.78, 5) is 24.1. The molecule has 6 heteroatoms. The van der Waals surface area contributed by atoms with Gasteiger partial charge in [0.25, 0.3) is 11.8 Å². The van der Waals surface area contributed by atoms with Gasteiger partial charge in [-0.3, -0.25) is 20.4 Å². The van der Waals surface area contributed by atoms with E-state index in [9.17, 15) is 9.59 Å². The maximum atomic E-state index is 12.2. The molecule has 0 saturated carbocycles. The second-order valence-corrected chi connectivity index (χ2v) is 5.40. The van der Waals surface area contributed by atoms with E-state index >= 15 is 0 Å². The van der Waals surface area contributed by atoms with Gasteiger partial charge in [-0.15, -0.1) is 0 Å². The van der Waals surface area contributed by atoms with Gasteiger partial charge in [-0.2, -0.15) is 0 Å². The van der Waals surface area contributed by atoms with Crippen LogP contribution in [0.2, 0.25) is 0 Å². The zero-order valence-corrected chi connectivity index (χ0v) is 14.4. The number of hydrogen-bond donors (Lipinski definition) is 2. The number of hydrazine groups is 1. The molecule has 2 aromatic rings. The van der Waals surface area contributed by atoms with Crippen LogP contribution in [-0.2, 0) is 4.79 Å². The standard InChI is InChI=1S/C19H22N2O4/c1-3-12-24-17-11-7-5-9-15(17)19(23)21-20-18(22)13-25-16-10-6-4-8-14(16)2/h4-11H,3,12-13H2,1-2H3,(H,20,22)(H,21,23). The number of nitrogens with one attached hydrogen (secondary N) is 2. The SMILES string of the molecule is CCCOc1ccccc1C(=O)NNC(=O)COc1ccccc1C. The van der Waals surface area contributed by atoms with Crippen LogP contribution in [0, 0.1) is 6.92 Å². The molecule has 6 nitrogen and oxygen atoms in total. The Kier molecular flexibility index (Phi) is 6.83. The van der Waals surface area contributed by atoms with Crippen molar-refractivity contribution in [3.63, 3.8) is 0 Å². The number of amides is 2. The van der Waals surface area contributed by atoms with Crippen LogP contribution in [0.1, 0.15) is 29.3 Å². The first-order valence-corrected chi connectivity index (χ1v) is 8.11. The van der Waals surface area contributed by atoms with Crippen molar-refractivity contribution >= 4 is 11.8 Å². The molecule has 132 valence electrons. The number of aryl methyl sites for hydroxylation is 1. The highest BCUT2D eigenvalue weighted by atomic mass is 16.5. The minimum Gasteiger partial charge on any atom is -0.493 e. The van der Waals surface area contributed by atoms with Gasteiger partial charge in [-0.1, -0.05) is 37.3 Å². The summed E-state index contributed by atoms with van der Waals surface area (Å²) in [5, 5.41) is 0. The highest BCUT2D eigenvalue weighted by Crippen LogP contribution is 2.18. The topological polar surface area (TPSA) is 76.7 Å². The maximum absolute atomic E-state index is 12.2. The molecular formula is C19H22N2O4. The van der Waals surface area contributed by atoms with E-state index in [0.29, 0.717) is 23.7 Å². The Labute approximate surface area is 147 Å². The molecule has 25 heavy (non-hydrogen) atoms. The second kappa shape index (κ2) is 9.32. The monoisotopic (exact) mass is 342 g/mol. The summed E-state index contributed by atoms with van der Waals surface area (Å²) in [6, 6.07) is 14.3. The number of carbonyl (C=O) groups excluding carboxylic acids is 2. The number of carbonyl (C=O) groups is 2. The maximum Gasteiger partial charge on any atom is 0.276 e. The Bertz CT molecular complexity index is 731. The normalized spacial score (nSPS) is 10.0. The number of benzene rings is 2. The molecular weight excluding hydrogens is 320 g/mol. The summed E-state index contributed by atoms with van der Waals surface area (Å²) in [6.45, 7) is 4.19. The van der Waals surface area contributed by atoms with Crippen molar-refractivity contribution in [1.29, 1.82) is 0 Å². The van der Waals surface area contributed by atoms with E-state index in [2.05, 4.69) is 10.9 Å². The van der Waals surface area contributed by atoms with Crippen LogP contribution in [0.25, 0.3) is 0 Å². The zero-order chi connectivity index (χ0) is 18.1. The molecule has 0 aliphatic heterocycles. The number of para-hydroxylation sites is 2. The Balaban J connectivity index is 1.85. The van der Waals surface area contributed by atoms with Gasteiger partial charge in [-0.25, -0.2) is 0 Å². The zero-order valence-electron chi connectivity index (χ0n) is 14.4. The van der Waals surface area contributed by atoms with Crippen LogP contribution in [0.15, 0.2) is 48.5 Å². The van der Waals surface area contributed by atoms with Gasteiger partial charge in [0.2, 0.25) is 0 Å². The predicted octanol–water partition coefficient (Wildman–Crippen LogP) is 2.62. The van der Waals surface area contributed by atoms with Gasteiger partial charge < -0.3 is 9.47 Å². The quantitative estimate of drug-likeness (QED) is 0.759.